The summed E-state index contributed by atoms with van der Waals surface area (Å²) in [6.07, 6.45) is 0. The third kappa shape index (κ3) is 5.74. The summed E-state index contributed by atoms with van der Waals surface area (Å²) < 4.78 is 38.4. The van der Waals surface area contributed by atoms with Crippen LogP contribution in [-0.4, -0.2) is 29.1 Å². The van der Waals surface area contributed by atoms with Crippen molar-refractivity contribution in [3.05, 3.63) is 82.4 Å². The first-order valence-electron chi connectivity index (χ1n) is 11.2. The predicted molar refractivity (Wildman–Crippen MR) is 136 cm³/mol. The fraction of sp³-hybridized carbons (Fsp3) is 0.269. The molecule has 2 heterocycles. The number of aromatic amines is 1. The van der Waals surface area contributed by atoms with E-state index in [-0.39, 0.29) is 39.4 Å². The predicted octanol–water partition coefficient (Wildman–Crippen LogP) is 5.12. The molecule has 0 fully saturated rings. The zero-order valence-corrected chi connectivity index (χ0v) is 20.8. The number of H-pyrrole nitrogens is 1. The van der Waals surface area contributed by atoms with Crippen LogP contribution in [0.25, 0.3) is 22.3 Å². The molecular formula is C26H27FN4O3S. The van der Waals surface area contributed by atoms with Crippen molar-refractivity contribution in [2.24, 2.45) is 5.41 Å². The van der Waals surface area contributed by atoms with E-state index in [1.165, 1.54) is 12.1 Å². The Balaban J connectivity index is 1.55. The molecule has 1 atom stereocenters. The van der Waals surface area contributed by atoms with Gasteiger partial charge in [-0.15, -0.1) is 0 Å². The lowest BCUT2D eigenvalue weighted by Gasteiger charge is -2.19. The van der Waals surface area contributed by atoms with Gasteiger partial charge in [0.1, 0.15) is 5.82 Å². The molecule has 182 valence electrons. The molecule has 0 saturated heterocycles. The van der Waals surface area contributed by atoms with E-state index >= 15 is 0 Å². The lowest BCUT2D eigenvalue weighted by molar-refractivity contribution is 0.461. The van der Waals surface area contributed by atoms with Crippen LogP contribution in [-0.2, 0) is 9.84 Å². The van der Waals surface area contributed by atoms with Crippen LogP contribution in [0.15, 0.2) is 70.4 Å². The first kappa shape index (κ1) is 24.5. The van der Waals surface area contributed by atoms with E-state index in [1.54, 1.807) is 48.5 Å². The highest BCUT2D eigenvalue weighted by Crippen LogP contribution is 2.25. The van der Waals surface area contributed by atoms with Gasteiger partial charge in [0.2, 0.25) is 5.95 Å². The van der Waals surface area contributed by atoms with Crippen molar-refractivity contribution in [1.82, 2.24) is 15.0 Å². The number of hydrogen-bond acceptors (Lipinski definition) is 6. The van der Waals surface area contributed by atoms with Crippen LogP contribution < -0.4 is 10.9 Å². The summed E-state index contributed by atoms with van der Waals surface area (Å²) >= 11 is 0. The molecule has 0 bridgehead atoms. The molecule has 0 aliphatic carbocycles. The van der Waals surface area contributed by atoms with Crippen LogP contribution >= 0.6 is 0 Å². The fourth-order valence-corrected chi connectivity index (χ4v) is 5.64. The number of pyridine rings is 1. The highest BCUT2D eigenvalue weighted by molar-refractivity contribution is 7.91. The van der Waals surface area contributed by atoms with Crippen LogP contribution in [0.2, 0.25) is 0 Å². The summed E-state index contributed by atoms with van der Waals surface area (Å²) in [4.78, 5) is 24.5. The van der Waals surface area contributed by atoms with Gasteiger partial charge >= 0.3 is 0 Å². The largest absolute Gasteiger partial charge is 0.349 e. The van der Waals surface area contributed by atoms with E-state index in [0.717, 1.165) is 5.56 Å². The van der Waals surface area contributed by atoms with Gasteiger partial charge in [-0.05, 0) is 66.4 Å². The van der Waals surface area contributed by atoms with E-state index in [0.29, 0.717) is 16.8 Å². The summed E-state index contributed by atoms with van der Waals surface area (Å²) in [6.45, 7) is 7.56. The molecule has 0 saturated carbocycles. The molecule has 0 aliphatic heterocycles. The molecule has 9 heteroatoms. The number of rotatable bonds is 6. The van der Waals surface area contributed by atoms with E-state index < -0.39 is 15.4 Å². The average Bonchev–Trinajstić information content (AvgIpc) is 2.78. The third-order valence-electron chi connectivity index (χ3n) is 5.41. The number of benzene rings is 2. The van der Waals surface area contributed by atoms with E-state index in [1.807, 2.05) is 27.7 Å². The molecule has 0 spiro atoms. The monoisotopic (exact) mass is 494 g/mol. The Hall–Kier alpha value is -3.59. The van der Waals surface area contributed by atoms with Crippen LogP contribution in [0.4, 0.5) is 10.3 Å². The molecule has 4 aromatic rings. The number of nitrogens with zero attached hydrogens (tertiary/aromatic N) is 2. The van der Waals surface area contributed by atoms with Crippen molar-refractivity contribution in [2.45, 2.75) is 38.6 Å². The maximum atomic E-state index is 13.2. The Morgan fingerprint density at radius 2 is 1.63 bits per heavy atom. The van der Waals surface area contributed by atoms with Crippen LogP contribution in [0.1, 0.15) is 39.3 Å². The summed E-state index contributed by atoms with van der Waals surface area (Å²) in [5.41, 5.74) is 1.92. The van der Waals surface area contributed by atoms with Crippen molar-refractivity contribution in [1.29, 1.82) is 0 Å². The molecule has 4 rings (SSSR count). The Labute approximate surface area is 203 Å². The fourth-order valence-electron chi connectivity index (χ4n) is 3.78. The second-order valence-corrected chi connectivity index (χ2v) is 11.7. The summed E-state index contributed by atoms with van der Waals surface area (Å²) in [7, 11) is -3.38. The number of aromatic nitrogens is 3. The zero-order valence-electron chi connectivity index (χ0n) is 20.0. The summed E-state index contributed by atoms with van der Waals surface area (Å²) in [5.74, 6) is -0.0115. The third-order valence-corrected chi connectivity index (χ3v) is 7.65. The Morgan fingerprint density at radius 1 is 0.971 bits per heavy atom. The molecular weight excluding hydrogens is 467 g/mol. The van der Waals surface area contributed by atoms with Gasteiger partial charge in [-0.3, -0.25) is 9.78 Å². The first-order chi connectivity index (χ1) is 16.4. The highest BCUT2D eigenvalue weighted by atomic mass is 32.2. The molecule has 0 aliphatic rings. The molecule has 2 aromatic heterocycles. The number of hydrogen-bond donors (Lipinski definition) is 2. The first-order valence-corrected chi connectivity index (χ1v) is 12.8. The second-order valence-electron chi connectivity index (χ2n) is 9.74. The van der Waals surface area contributed by atoms with E-state index in [9.17, 15) is 17.6 Å². The van der Waals surface area contributed by atoms with Gasteiger partial charge in [0, 0.05) is 5.56 Å². The Bertz CT molecular complexity index is 1520. The van der Waals surface area contributed by atoms with Crippen molar-refractivity contribution >= 4 is 26.8 Å². The van der Waals surface area contributed by atoms with Gasteiger partial charge in [0.15, 0.2) is 15.4 Å². The molecule has 0 radical (unpaired) electrons. The van der Waals surface area contributed by atoms with Crippen LogP contribution in [0.5, 0.6) is 0 Å². The lowest BCUT2D eigenvalue weighted by atomic mass is 10.0. The molecule has 2 N–H and O–H groups in total. The lowest BCUT2D eigenvalue weighted by Crippen LogP contribution is -2.21. The topological polar surface area (TPSA) is 105 Å². The molecule has 2 aromatic carbocycles. The minimum Gasteiger partial charge on any atom is -0.349 e. The van der Waals surface area contributed by atoms with Crippen LogP contribution in [0.3, 0.4) is 0 Å². The zero-order chi connectivity index (χ0) is 25.4. The van der Waals surface area contributed by atoms with Crippen molar-refractivity contribution in [3.8, 4) is 11.3 Å². The van der Waals surface area contributed by atoms with Gasteiger partial charge in [-0.2, -0.15) is 0 Å². The number of fused-ring (bicyclic) bond motifs is 1. The van der Waals surface area contributed by atoms with Crippen LogP contribution in [0, 0.1) is 11.2 Å². The van der Waals surface area contributed by atoms with Gasteiger partial charge in [0.25, 0.3) is 5.56 Å². The quantitative estimate of drug-likeness (QED) is 0.386. The highest BCUT2D eigenvalue weighted by Gasteiger charge is 2.23. The summed E-state index contributed by atoms with van der Waals surface area (Å²) in [5, 5.41) is 3.15. The van der Waals surface area contributed by atoms with Crippen molar-refractivity contribution < 1.29 is 12.8 Å². The molecule has 0 amide bonds. The van der Waals surface area contributed by atoms with E-state index in [2.05, 4.69) is 20.3 Å². The Kier molecular flexibility index (Phi) is 6.46. The number of sulfone groups is 1. The Morgan fingerprint density at radius 3 is 2.26 bits per heavy atom. The van der Waals surface area contributed by atoms with Gasteiger partial charge in [-0.1, -0.05) is 32.9 Å². The number of halogens is 1. The molecule has 35 heavy (non-hydrogen) atoms. The smallest absolute Gasteiger partial charge is 0.278 e. The van der Waals surface area contributed by atoms with Gasteiger partial charge in [0.05, 0.1) is 27.9 Å². The summed E-state index contributed by atoms with van der Waals surface area (Å²) in [6, 6.07) is 15.8. The number of anilines is 1. The maximum absolute atomic E-state index is 13.2. The average molecular weight is 495 g/mol. The maximum Gasteiger partial charge on any atom is 0.278 e. The minimum absolute atomic E-state index is 0.0618. The van der Waals surface area contributed by atoms with Gasteiger partial charge < -0.3 is 5.32 Å². The van der Waals surface area contributed by atoms with Crippen molar-refractivity contribution in [2.75, 3.05) is 11.1 Å². The van der Waals surface area contributed by atoms with E-state index in [4.69, 9.17) is 0 Å². The second kappa shape index (κ2) is 9.22. The molecule has 7 nitrogen and oxygen atoms in total. The molecule has 0 unspecified atom stereocenters. The SMILES string of the molecule is C[C@@H](Nc1nc2ccc(-c3ccc(F)cc3)nc2c(=O)[nH]1)c1ccc(S(=O)(=O)CC(C)(C)C)cc1. The minimum atomic E-state index is -3.38. The number of nitrogens with one attached hydrogen (secondary N) is 2. The van der Waals surface area contributed by atoms with Gasteiger partial charge in [-0.25, -0.2) is 22.8 Å². The van der Waals surface area contributed by atoms with Crippen molar-refractivity contribution in [3.63, 3.8) is 0 Å². The standard InChI is InChI=1S/C26H27FN4O3S/c1-16(17-7-11-20(12-8-17)35(33,34)15-26(2,3)4)28-25-30-22-14-13-21(29-23(22)24(32)31-25)18-5-9-19(27)10-6-18/h5-14,16H,15H2,1-4H3,(H2,28,30,31,32)/t16-/m1/s1. The normalized spacial score (nSPS) is 13.1.